The number of hydrogen-bond donors (Lipinski definition) is 0. The summed E-state index contributed by atoms with van der Waals surface area (Å²) < 4.78 is 10.6. The Bertz CT molecular complexity index is 851. The van der Waals surface area contributed by atoms with Gasteiger partial charge in [-0.3, -0.25) is 4.79 Å². The second kappa shape index (κ2) is 10.4. The van der Waals surface area contributed by atoms with Gasteiger partial charge < -0.3 is 14.1 Å². The van der Waals surface area contributed by atoms with Gasteiger partial charge in [0.05, 0.1) is 0 Å². The van der Waals surface area contributed by atoms with Crippen molar-refractivity contribution in [2.75, 3.05) is 26.8 Å². The van der Waals surface area contributed by atoms with E-state index in [4.69, 9.17) is 9.15 Å². The standard InChI is InChI=1S/C24H31NO4/c1-18-17-21(10-6-9-19-7-4-3-5-8-19)29-24(27)22(18)23(26)25-14-11-20(12-15-25)13-16-28-2/h3-5,7-8,17,20H,6,9-16H2,1-2H3. The number of likely N-dealkylation sites (tertiary alicyclic amines) is 1. The van der Waals surface area contributed by atoms with Crippen LogP contribution in [-0.2, 0) is 17.6 Å². The number of carbonyl (C=O) groups is 1. The van der Waals surface area contributed by atoms with Gasteiger partial charge in [0.2, 0.25) is 0 Å². The quantitative estimate of drug-likeness (QED) is 0.675. The summed E-state index contributed by atoms with van der Waals surface area (Å²) in [6.45, 7) is 3.96. The third kappa shape index (κ3) is 5.80. The van der Waals surface area contributed by atoms with Crippen molar-refractivity contribution in [3.05, 3.63) is 69.3 Å². The van der Waals surface area contributed by atoms with Crippen molar-refractivity contribution in [3.63, 3.8) is 0 Å². The van der Waals surface area contributed by atoms with Crippen molar-refractivity contribution in [3.8, 4) is 0 Å². The van der Waals surface area contributed by atoms with Crippen molar-refractivity contribution in [1.29, 1.82) is 0 Å². The number of ether oxygens (including phenoxy) is 1. The molecule has 0 saturated carbocycles. The lowest BCUT2D eigenvalue weighted by Gasteiger charge is -2.32. The van der Waals surface area contributed by atoms with Gasteiger partial charge in [0.25, 0.3) is 5.91 Å². The fourth-order valence-electron chi connectivity index (χ4n) is 4.03. The molecule has 2 heterocycles. The van der Waals surface area contributed by atoms with Crippen LogP contribution in [0.1, 0.15) is 52.9 Å². The van der Waals surface area contributed by atoms with Gasteiger partial charge in [0.1, 0.15) is 11.3 Å². The van der Waals surface area contributed by atoms with Crippen molar-refractivity contribution in [2.24, 2.45) is 5.92 Å². The van der Waals surface area contributed by atoms with Gasteiger partial charge in [0.15, 0.2) is 0 Å². The molecule has 0 radical (unpaired) electrons. The third-order valence-corrected chi connectivity index (χ3v) is 5.78. The average Bonchev–Trinajstić information content (AvgIpc) is 2.73. The number of piperidine rings is 1. The zero-order valence-electron chi connectivity index (χ0n) is 17.5. The van der Waals surface area contributed by atoms with Gasteiger partial charge in [-0.05, 0) is 62.1 Å². The molecule has 1 saturated heterocycles. The van der Waals surface area contributed by atoms with Crippen molar-refractivity contribution >= 4 is 5.91 Å². The normalized spacial score (nSPS) is 14.9. The predicted octanol–water partition coefficient (Wildman–Crippen LogP) is 4.01. The fraction of sp³-hybridized carbons (Fsp3) is 0.500. The molecule has 5 heteroatoms. The Labute approximate surface area is 172 Å². The Balaban J connectivity index is 1.59. The van der Waals surface area contributed by atoms with E-state index in [0.29, 0.717) is 36.8 Å². The molecule has 0 bridgehead atoms. The third-order valence-electron chi connectivity index (χ3n) is 5.78. The minimum atomic E-state index is -0.508. The van der Waals surface area contributed by atoms with E-state index in [2.05, 4.69) is 12.1 Å². The maximum absolute atomic E-state index is 12.9. The van der Waals surface area contributed by atoms with Gasteiger partial charge in [-0.15, -0.1) is 0 Å². The zero-order valence-corrected chi connectivity index (χ0v) is 17.5. The second-order valence-corrected chi connectivity index (χ2v) is 7.91. The molecule has 29 heavy (non-hydrogen) atoms. The predicted molar refractivity (Wildman–Crippen MR) is 113 cm³/mol. The van der Waals surface area contributed by atoms with Crippen LogP contribution < -0.4 is 5.63 Å². The summed E-state index contributed by atoms with van der Waals surface area (Å²) in [7, 11) is 1.71. The smallest absolute Gasteiger partial charge is 0.349 e. The molecule has 0 atom stereocenters. The Morgan fingerprint density at radius 2 is 1.90 bits per heavy atom. The topological polar surface area (TPSA) is 59.8 Å². The van der Waals surface area contributed by atoms with E-state index >= 15 is 0 Å². The molecule has 0 N–H and O–H groups in total. The number of methoxy groups -OCH3 is 1. The van der Waals surface area contributed by atoms with Crippen molar-refractivity contribution < 1.29 is 13.9 Å². The number of aryl methyl sites for hydroxylation is 3. The number of nitrogens with zero attached hydrogens (tertiary/aromatic N) is 1. The maximum Gasteiger partial charge on any atom is 0.349 e. The molecular formula is C24H31NO4. The lowest BCUT2D eigenvalue weighted by molar-refractivity contribution is 0.0664. The molecule has 0 unspecified atom stereocenters. The van der Waals surface area contributed by atoms with Gasteiger partial charge in [-0.2, -0.15) is 0 Å². The van der Waals surface area contributed by atoms with Crippen LogP contribution >= 0.6 is 0 Å². The first-order chi connectivity index (χ1) is 14.1. The molecule has 1 fully saturated rings. The maximum atomic E-state index is 12.9. The van der Waals surface area contributed by atoms with E-state index in [1.54, 1.807) is 12.0 Å². The van der Waals surface area contributed by atoms with E-state index in [1.807, 2.05) is 31.2 Å². The molecule has 156 valence electrons. The zero-order chi connectivity index (χ0) is 20.6. The molecule has 2 aromatic rings. The van der Waals surface area contributed by atoms with Gasteiger partial charge in [-0.1, -0.05) is 30.3 Å². The summed E-state index contributed by atoms with van der Waals surface area (Å²) in [5, 5.41) is 0. The molecular weight excluding hydrogens is 366 g/mol. The Hall–Kier alpha value is -2.40. The van der Waals surface area contributed by atoms with Crippen LogP contribution in [0.25, 0.3) is 0 Å². The summed E-state index contributed by atoms with van der Waals surface area (Å²) in [6.07, 6.45) is 5.45. The molecule has 0 aliphatic carbocycles. The lowest BCUT2D eigenvalue weighted by Crippen LogP contribution is -2.40. The van der Waals surface area contributed by atoms with Crippen LogP contribution in [-0.4, -0.2) is 37.6 Å². The van der Waals surface area contributed by atoms with Gasteiger partial charge >= 0.3 is 5.63 Å². The number of hydrogen-bond acceptors (Lipinski definition) is 4. The summed E-state index contributed by atoms with van der Waals surface area (Å²) >= 11 is 0. The van der Waals surface area contributed by atoms with Crippen molar-refractivity contribution in [1.82, 2.24) is 4.90 Å². The number of amides is 1. The van der Waals surface area contributed by atoms with Crippen LogP contribution in [0.15, 0.2) is 45.6 Å². The van der Waals surface area contributed by atoms with Crippen molar-refractivity contribution in [2.45, 2.75) is 45.4 Å². The van der Waals surface area contributed by atoms with Gasteiger partial charge in [-0.25, -0.2) is 4.79 Å². The summed E-state index contributed by atoms with van der Waals surface area (Å²) in [5.41, 5.74) is 1.66. The first-order valence-electron chi connectivity index (χ1n) is 10.5. The van der Waals surface area contributed by atoms with Crippen LogP contribution in [0, 0.1) is 12.8 Å². The van der Waals surface area contributed by atoms with Crippen LogP contribution in [0.5, 0.6) is 0 Å². The highest BCUT2D eigenvalue weighted by Crippen LogP contribution is 2.22. The van der Waals surface area contributed by atoms with E-state index in [0.717, 1.165) is 38.7 Å². The average molecular weight is 398 g/mol. The molecule has 5 nitrogen and oxygen atoms in total. The van der Waals surface area contributed by atoms with E-state index in [-0.39, 0.29) is 11.5 Å². The van der Waals surface area contributed by atoms with Gasteiger partial charge in [0, 0.05) is 33.2 Å². The van der Waals surface area contributed by atoms with Crippen LogP contribution in [0.4, 0.5) is 0 Å². The molecule has 1 aliphatic rings. The minimum Gasteiger partial charge on any atom is -0.427 e. The highest BCUT2D eigenvalue weighted by Gasteiger charge is 2.27. The molecule has 0 spiro atoms. The molecule has 1 amide bonds. The summed E-state index contributed by atoms with van der Waals surface area (Å²) in [5.74, 6) is 1.04. The molecule has 3 rings (SSSR count). The second-order valence-electron chi connectivity index (χ2n) is 7.91. The van der Waals surface area contributed by atoms with Crippen LogP contribution in [0.2, 0.25) is 0 Å². The SMILES string of the molecule is COCCC1CCN(C(=O)c2c(C)cc(CCCc3ccccc3)oc2=O)CC1. The highest BCUT2D eigenvalue weighted by molar-refractivity contribution is 5.95. The number of carbonyl (C=O) groups excluding carboxylic acids is 1. The summed E-state index contributed by atoms with van der Waals surface area (Å²) in [6, 6.07) is 12.1. The first-order valence-corrected chi connectivity index (χ1v) is 10.5. The number of benzene rings is 1. The Kier molecular flexibility index (Phi) is 7.64. The van der Waals surface area contributed by atoms with E-state index < -0.39 is 5.63 Å². The highest BCUT2D eigenvalue weighted by atomic mass is 16.5. The van der Waals surface area contributed by atoms with Crippen LogP contribution in [0.3, 0.4) is 0 Å². The summed E-state index contributed by atoms with van der Waals surface area (Å²) in [4.78, 5) is 27.3. The number of rotatable bonds is 8. The van der Waals surface area contributed by atoms with E-state index in [1.165, 1.54) is 5.56 Å². The fourth-order valence-corrected chi connectivity index (χ4v) is 4.03. The monoisotopic (exact) mass is 397 g/mol. The largest absolute Gasteiger partial charge is 0.427 e. The Morgan fingerprint density at radius 1 is 1.17 bits per heavy atom. The molecule has 1 aromatic heterocycles. The Morgan fingerprint density at radius 3 is 2.55 bits per heavy atom. The lowest BCUT2D eigenvalue weighted by atomic mass is 9.93. The minimum absolute atomic E-state index is 0.187. The van der Waals surface area contributed by atoms with E-state index in [9.17, 15) is 9.59 Å². The molecule has 1 aromatic carbocycles. The first kappa shape index (κ1) is 21.3. The molecule has 1 aliphatic heterocycles.